The summed E-state index contributed by atoms with van der Waals surface area (Å²) >= 11 is 1.74. The molecule has 0 spiro atoms. The minimum atomic E-state index is -0.239. The van der Waals surface area contributed by atoms with Crippen molar-refractivity contribution in [1.82, 2.24) is 9.80 Å². The molecular weight excluding hydrogens is 358 g/mol. The Kier molecular flexibility index (Phi) is 6.29. The van der Waals surface area contributed by atoms with Gasteiger partial charge in [-0.2, -0.15) is 0 Å². The highest BCUT2D eigenvalue weighted by Gasteiger charge is 2.34. The monoisotopic (exact) mass is 385 g/mol. The van der Waals surface area contributed by atoms with Crippen molar-refractivity contribution in [1.29, 1.82) is 0 Å². The molecule has 6 heteroatoms. The fourth-order valence-electron chi connectivity index (χ4n) is 3.63. The van der Waals surface area contributed by atoms with E-state index in [-0.39, 0.29) is 24.4 Å². The van der Waals surface area contributed by atoms with Crippen molar-refractivity contribution in [3.05, 3.63) is 52.2 Å². The Morgan fingerprint density at radius 2 is 2.04 bits per heavy atom. The quantitative estimate of drug-likeness (QED) is 0.825. The van der Waals surface area contributed by atoms with Crippen molar-refractivity contribution >= 4 is 28.8 Å². The van der Waals surface area contributed by atoms with Crippen molar-refractivity contribution in [3.63, 3.8) is 0 Å². The molecule has 1 aliphatic heterocycles. The fraction of sp³-hybridized carbons (Fsp3) is 0.429. The van der Waals surface area contributed by atoms with E-state index in [1.54, 1.807) is 18.4 Å². The molecule has 2 amide bonds. The summed E-state index contributed by atoms with van der Waals surface area (Å²) in [5.74, 6) is -0.198. The van der Waals surface area contributed by atoms with Crippen molar-refractivity contribution in [2.24, 2.45) is 0 Å². The smallest absolute Gasteiger partial charge is 0.243 e. The number of carbonyl (C=O) groups excluding carboxylic acids is 2. The van der Waals surface area contributed by atoms with E-state index in [0.717, 1.165) is 30.6 Å². The Morgan fingerprint density at radius 3 is 2.70 bits per heavy atom. The molecule has 3 rings (SSSR count). The predicted molar refractivity (Wildman–Crippen MR) is 110 cm³/mol. The fourth-order valence-corrected chi connectivity index (χ4v) is 4.51. The van der Waals surface area contributed by atoms with Crippen molar-refractivity contribution < 1.29 is 9.59 Å². The summed E-state index contributed by atoms with van der Waals surface area (Å²) in [7, 11) is 1.70. The molecule has 1 aromatic carbocycles. The zero-order valence-electron chi connectivity index (χ0n) is 16.1. The molecule has 144 valence electrons. The van der Waals surface area contributed by atoms with E-state index in [0.29, 0.717) is 6.04 Å². The van der Waals surface area contributed by atoms with Gasteiger partial charge in [-0.15, -0.1) is 11.3 Å². The summed E-state index contributed by atoms with van der Waals surface area (Å²) in [6, 6.07) is 11.9. The van der Waals surface area contributed by atoms with Crippen molar-refractivity contribution in [3.8, 4) is 0 Å². The molecule has 0 unspecified atom stereocenters. The zero-order valence-corrected chi connectivity index (χ0v) is 17.0. The van der Waals surface area contributed by atoms with Crippen LogP contribution in [0.1, 0.15) is 36.2 Å². The van der Waals surface area contributed by atoms with E-state index >= 15 is 0 Å². The first-order chi connectivity index (χ1) is 13.0. The van der Waals surface area contributed by atoms with Crippen LogP contribution in [-0.2, 0) is 9.59 Å². The number of anilines is 1. The van der Waals surface area contributed by atoms with Crippen LogP contribution in [0.25, 0.3) is 0 Å². The minimum Gasteiger partial charge on any atom is -0.335 e. The summed E-state index contributed by atoms with van der Waals surface area (Å²) in [5, 5.41) is 4.93. The van der Waals surface area contributed by atoms with E-state index in [1.165, 1.54) is 9.78 Å². The van der Waals surface area contributed by atoms with Gasteiger partial charge in [-0.3, -0.25) is 14.5 Å². The first-order valence-corrected chi connectivity index (χ1v) is 10.2. The number of carbonyl (C=O) groups is 2. The lowest BCUT2D eigenvalue weighted by molar-refractivity contribution is -0.138. The second-order valence-corrected chi connectivity index (χ2v) is 8.18. The highest BCUT2D eigenvalue weighted by molar-refractivity contribution is 7.10. The topological polar surface area (TPSA) is 52.7 Å². The number of hydrogen-bond donors (Lipinski definition) is 1. The van der Waals surface area contributed by atoms with Gasteiger partial charge in [-0.25, -0.2) is 0 Å². The first-order valence-electron chi connectivity index (χ1n) is 9.36. The second-order valence-electron chi connectivity index (χ2n) is 7.20. The molecule has 5 nitrogen and oxygen atoms in total. The number of hydrogen-bond acceptors (Lipinski definition) is 4. The molecule has 0 saturated carbocycles. The number of likely N-dealkylation sites (tertiary alicyclic amines) is 1. The molecule has 1 aliphatic rings. The lowest BCUT2D eigenvalue weighted by Gasteiger charge is -2.31. The maximum Gasteiger partial charge on any atom is 0.243 e. The molecule has 1 saturated heterocycles. The SMILES string of the molecule is Cc1ccc(NC(=O)CN(C)C(=O)[C@H](C)N2CCC[C@@H]2c2cccs2)cc1. The molecule has 2 aromatic rings. The first kappa shape index (κ1) is 19.6. The van der Waals surface area contributed by atoms with Crippen molar-refractivity contribution in [2.75, 3.05) is 25.5 Å². The molecular formula is C21H27N3O2S. The van der Waals surface area contributed by atoms with Gasteiger partial charge in [0, 0.05) is 23.7 Å². The summed E-state index contributed by atoms with van der Waals surface area (Å²) < 4.78 is 0. The standard InChI is InChI=1S/C21H27N3O2S/c1-15-8-10-17(11-9-15)22-20(25)14-23(3)21(26)16(2)24-12-4-6-18(24)19-7-5-13-27-19/h5,7-11,13,16,18H,4,6,12,14H2,1-3H3,(H,22,25)/t16-,18+/m0/s1. The maximum atomic E-state index is 12.9. The van der Waals surface area contributed by atoms with Crippen LogP contribution in [0.2, 0.25) is 0 Å². The number of likely N-dealkylation sites (N-methyl/N-ethyl adjacent to an activating group) is 1. The third kappa shape index (κ3) is 4.76. The van der Waals surface area contributed by atoms with E-state index in [2.05, 4.69) is 27.7 Å². The summed E-state index contributed by atoms with van der Waals surface area (Å²) in [6.45, 7) is 4.91. The summed E-state index contributed by atoms with van der Waals surface area (Å²) in [6.07, 6.45) is 2.17. The second kappa shape index (κ2) is 8.67. The molecule has 2 heterocycles. The maximum absolute atomic E-state index is 12.9. The minimum absolute atomic E-state index is 0.0162. The Labute approximate surface area is 165 Å². The van der Waals surface area contributed by atoms with E-state index in [4.69, 9.17) is 0 Å². The van der Waals surface area contributed by atoms with E-state index < -0.39 is 0 Å². The molecule has 0 bridgehead atoms. The molecule has 1 N–H and O–H groups in total. The van der Waals surface area contributed by atoms with Crippen LogP contribution in [0.4, 0.5) is 5.69 Å². The number of aryl methyl sites for hydroxylation is 1. The van der Waals surface area contributed by atoms with Gasteiger partial charge in [0.2, 0.25) is 11.8 Å². The third-order valence-corrected chi connectivity index (χ3v) is 6.09. The van der Waals surface area contributed by atoms with Crippen LogP contribution < -0.4 is 5.32 Å². The van der Waals surface area contributed by atoms with Crippen LogP contribution in [0.3, 0.4) is 0 Å². The number of amides is 2. The zero-order chi connectivity index (χ0) is 19.4. The average Bonchev–Trinajstić information content (AvgIpc) is 3.33. The number of rotatable bonds is 6. The Bertz CT molecular complexity index is 773. The number of thiophene rings is 1. The highest BCUT2D eigenvalue weighted by Crippen LogP contribution is 2.36. The molecule has 0 radical (unpaired) electrons. The van der Waals surface area contributed by atoms with Crippen LogP contribution in [0.5, 0.6) is 0 Å². The average molecular weight is 386 g/mol. The Hall–Kier alpha value is -2.18. The van der Waals surface area contributed by atoms with Gasteiger partial charge in [0.05, 0.1) is 12.6 Å². The van der Waals surface area contributed by atoms with E-state index in [1.807, 2.05) is 38.1 Å². The van der Waals surface area contributed by atoms with Crippen LogP contribution >= 0.6 is 11.3 Å². The normalized spacial score (nSPS) is 18.3. The Morgan fingerprint density at radius 1 is 1.30 bits per heavy atom. The molecule has 0 aliphatic carbocycles. The summed E-state index contributed by atoms with van der Waals surface area (Å²) in [4.78, 5) is 30.3. The third-order valence-electron chi connectivity index (χ3n) is 5.11. The Balaban J connectivity index is 1.57. The van der Waals surface area contributed by atoms with E-state index in [9.17, 15) is 9.59 Å². The van der Waals surface area contributed by atoms with Crippen LogP contribution in [0, 0.1) is 6.92 Å². The van der Waals surface area contributed by atoms with Crippen LogP contribution in [0.15, 0.2) is 41.8 Å². The van der Waals surface area contributed by atoms with Gasteiger partial charge in [0.25, 0.3) is 0 Å². The van der Waals surface area contributed by atoms with Gasteiger partial charge < -0.3 is 10.2 Å². The van der Waals surface area contributed by atoms with Gasteiger partial charge in [-0.1, -0.05) is 23.8 Å². The molecule has 1 aromatic heterocycles. The van der Waals surface area contributed by atoms with Gasteiger partial charge >= 0.3 is 0 Å². The summed E-state index contributed by atoms with van der Waals surface area (Å²) in [5.41, 5.74) is 1.89. The highest BCUT2D eigenvalue weighted by atomic mass is 32.1. The van der Waals surface area contributed by atoms with Gasteiger partial charge in [0.1, 0.15) is 0 Å². The predicted octanol–water partition coefficient (Wildman–Crippen LogP) is 3.68. The van der Waals surface area contributed by atoms with Gasteiger partial charge in [-0.05, 0) is 56.8 Å². The molecule has 27 heavy (non-hydrogen) atoms. The van der Waals surface area contributed by atoms with Crippen molar-refractivity contribution in [2.45, 2.75) is 38.8 Å². The number of benzene rings is 1. The lowest BCUT2D eigenvalue weighted by atomic mass is 10.1. The lowest BCUT2D eigenvalue weighted by Crippen LogP contribution is -2.47. The largest absolute Gasteiger partial charge is 0.335 e. The van der Waals surface area contributed by atoms with Gasteiger partial charge in [0.15, 0.2) is 0 Å². The number of nitrogens with zero attached hydrogens (tertiary/aromatic N) is 2. The van der Waals surface area contributed by atoms with Crippen LogP contribution in [-0.4, -0.2) is 47.8 Å². The number of nitrogens with one attached hydrogen (secondary N) is 1. The molecule has 1 fully saturated rings. The molecule has 2 atom stereocenters.